The van der Waals surface area contributed by atoms with Crippen molar-refractivity contribution in [3.8, 4) is 0 Å². The van der Waals surface area contributed by atoms with E-state index in [0.717, 1.165) is 12.8 Å². The van der Waals surface area contributed by atoms with E-state index in [9.17, 15) is 19.5 Å². The van der Waals surface area contributed by atoms with Crippen molar-refractivity contribution in [2.24, 2.45) is 11.8 Å². The molecule has 7 nitrogen and oxygen atoms in total. The first-order chi connectivity index (χ1) is 14.3. The number of amides is 2. The highest BCUT2D eigenvalue weighted by atomic mass is 32.2. The number of esters is 1. The molecule has 0 aromatic heterocycles. The number of ether oxygens (including phenoxy) is 1. The fourth-order valence-corrected chi connectivity index (χ4v) is 7.84. The Morgan fingerprint density at radius 1 is 1.23 bits per heavy atom. The van der Waals surface area contributed by atoms with Gasteiger partial charge in [-0.15, -0.1) is 11.8 Å². The Bertz CT molecular complexity index is 813. The van der Waals surface area contributed by atoms with E-state index in [0.29, 0.717) is 6.54 Å². The van der Waals surface area contributed by atoms with E-state index in [-0.39, 0.29) is 37.6 Å². The maximum atomic E-state index is 13.8. The van der Waals surface area contributed by atoms with Gasteiger partial charge in [0.1, 0.15) is 12.6 Å². The highest BCUT2D eigenvalue weighted by Crippen LogP contribution is 2.65. The predicted molar refractivity (Wildman–Crippen MR) is 114 cm³/mol. The first-order valence-corrected chi connectivity index (χ1v) is 11.6. The van der Waals surface area contributed by atoms with Crippen LogP contribution in [0.5, 0.6) is 0 Å². The number of likely N-dealkylation sites (tertiary alicyclic amines) is 1. The SMILES string of the molecule is CCCC(C)N1CC=C[C@]23S[C@@]4(C)C=CCOC(=O)[C@H]4[C@H]2C(=O)N(CCO)C3C1=O. The van der Waals surface area contributed by atoms with Crippen LogP contribution in [0.25, 0.3) is 0 Å². The van der Waals surface area contributed by atoms with Gasteiger partial charge in [-0.05, 0) is 26.3 Å². The highest BCUT2D eigenvalue weighted by Gasteiger charge is 2.74. The van der Waals surface area contributed by atoms with Gasteiger partial charge in [-0.25, -0.2) is 0 Å². The zero-order chi connectivity index (χ0) is 21.7. The fourth-order valence-electron chi connectivity index (χ4n) is 5.69. The summed E-state index contributed by atoms with van der Waals surface area (Å²) in [5.41, 5.74) is 0. The van der Waals surface area contributed by atoms with Crippen LogP contribution in [0, 0.1) is 11.8 Å². The minimum absolute atomic E-state index is 0.0461. The molecule has 4 heterocycles. The van der Waals surface area contributed by atoms with Gasteiger partial charge in [0.05, 0.1) is 23.2 Å². The molecule has 0 bridgehead atoms. The number of fused-ring (bicyclic) bond motifs is 2. The lowest BCUT2D eigenvalue weighted by atomic mass is 9.75. The topological polar surface area (TPSA) is 87.2 Å². The standard InChI is InChI=1S/C22H30N2O5S/c1-4-7-14(2)23-10-5-9-22-15(18(26)24(11-12-25)17(22)19(23)27)16-20(28)29-13-6-8-21(16,3)30-22/h5-6,8-9,14-17,25H,4,7,10-13H2,1-3H3/t14?,15-,16+,17?,21-,22-/m0/s1. The molecule has 0 aromatic rings. The van der Waals surface area contributed by atoms with Crippen LogP contribution < -0.4 is 0 Å². The molecule has 4 rings (SSSR count). The minimum atomic E-state index is -0.857. The number of carbonyl (C=O) groups is 3. The van der Waals surface area contributed by atoms with Gasteiger partial charge in [-0.1, -0.05) is 31.6 Å². The lowest BCUT2D eigenvalue weighted by Crippen LogP contribution is -2.55. The smallest absolute Gasteiger partial charge is 0.311 e. The summed E-state index contributed by atoms with van der Waals surface area (Å²) in [5, 5.41) is 9.65. The number of aliphatic hydroxyl groups excluding tert-OH is 1. The van der Waals surface area contributed by atoms with Crippen LogP contribution >= 0.6 is 11.8 Å². The second-order valence-corrected chi connectivity index (χ2v) is 10.6. The molecule has 8 heteroatoms. The Balaban J connectivity index is 1.84. The van der Waals surface area contributed by atoms with Crippen LogP contribution in [-0.2, 0) is 19.1 Å². The van der Waals surface area contributed by atoms with E-state index in [4.69, 9.17) is 4.74 Å². The summed E-state index contributed by atoms with van der Waals surface area (Å²) in [6.45, 7) is 6.60. The largest absolute Gasteiger partial charge is 0.461 e. The molecule has 2 unspecified atom stereocenters. The van der Waals surface area contributed by atoms with Crippen molar-refractivity contribution in [2.45, 2.75) is 55.2 Å². The quantitative estimate of drug-likeness (QED) is 0.519. The number of hydrogen-bond acceptors (Lipinski definition) is 6. The fraction of sp³-hybridized carbons (Fsp3) is 0.682. The summed E-state index contributed by atoms with van der Waals surface area (Å²) < 4.78 is 3.89. The zero-order valence-electron chi connectivity index (χ0n) is 17.7. The van der Waals surface area contributed by atoms with Crippen LogP contribution in [0.15, 0.2) is 24.3 Å². The molecule has 164 valence electrons. The molecule has 4 aliphatic rings. The summed E-state index contributed by atoms with van der Waals surface area (Å²) in [6, 6.07) is -0.695. The number of aliphatic hydroxyl groups is 1. The molecule has 0 aromatic carbocycles. The summed E-state index contributed by atoms with van der Waals surface area (Å²) in [4.78, 5) is 43.7. The number of rotatable bonds is 5. The Kier molecular flexibility index (Phi) is 5.51. The molecule has 1 spiro atoms. The molecule has 4 aliphatic heterocycles. The summed E-state index contributed by atoms with van der Waals surface area (Å²) in [7, 11) is 0. The molecule has 0 radical (unpaired) electrons. The number of cyclic esters (lactones) is 1. The molecule has 0 saturated carbocycles. The normalized spacial score (nSPS) is 38.7. The molecule has 6 atom stereocenters. The van der Waals surface area contributed by atoms with Crippen molar-refractivity contribution in [2.75, 3.05) is 26.3 Å². The molecule has 1 N–H and O–H groups in total. The molecule has 0 aliphatic carbocycles. The average Bonchev–Trinajstić information content (AvgIpc) is 2.93. The second-order valence-electron chi connectivity index (χ2n) is 8.82. The third-order valence-corrected chi connectivity index (χ3v) is 8.72. The van der Waals surface area contributed by atoms with Gasteiger partial charge in [0.25, 0.3) is 0 Å². The number of hydrogen-bond donors (Lipinski definition) is 1. The van der Waals surface area contributed by atoms with Gasteiger partial charge in [0.2, 0.25) is 11.8 Å². The molecule has 2 fully saturated rings. The number of nitrogens with zero attached hydrogens (tertiary/aromatic N) is 2. The van der Waals surface area contributed by atoms with Gasteiger partial charge in [-0.3, -0.25) is 14.4 Å². The lowest BCUT2D eigenvalue weighted by molar-refractivity contribution is -0.152. The van der Waals surface area contributed by atoms with E-state index < -0.39 is 33.3 Å². The Labute approximate surface area is 181 Å². The van der Waals surface area contributed by atoms with Crippen molar-refractivity contribution in [1.82, 2.24) is 9.80 Å². The lowest BCUT2D eigenvalue weighted by Gasteiger charge is -2.38. The third-order valence-electron chi connectivity index (χ3n) is 6.92. The summed E-state index contributed by atoms with van der Waals surface area (Å²) in [5.74, 6) is -2.10. The molecule has 2 amide bonds. The summed E-state index contributed by atoms with van der Waals surface area (Å²) >= 11 is 1.53. The van der Waals surface area contributed by atoms with Gasteiger partial charge < -0.3 is 19.6 Å². The molecular formula is C22H30N2O5S. The van der Waals surface area contributed by atoms with Crippen molar-refractivity contribution in [3.63, 3.8) is 0 Å². The number of β-amino-alcohol motifs (C(OH)–C–C–N with tert-alkyl or cyclic N) is 1. The maximum absolute atomic E-state index is 13.8. The molecule has 30 heavy (non-hydrogen) atoms. The predicted octanol–water partition coefficient (Wildman–Crippen LogP) is 1.37. The van der Waals surface area contributed by atoms with E-state index in [1.165, 1.54) is 16.7 Å². The average molecular weight is 435 g/mol. The van der Waals surface area contributed by atoms with Crippen LogP contribution in [-0.4, -0.2) is 80.6 Å². The first kappa shape index (κ1) is 21.4. The van der Waals surface area contributed by atoms with Gasteiger partial charge in [0, 0.05) is 23.9 Å². The van der Waals surface area contributed by atoms with E-state index in [1.807, 2.05) is 43.1 Å². The van der Waals surface area contributed by atoms with Gasteiger partial charge in [-0.2, -0.15) is 0 Å². The van der Waals surface area contributed by atoms with Crippen LogP contribution in [0.3, 0.4) is 0 Å². The van der Waals surface area contributed by atoms with Crippen molar-refractivity contribution in [3.05, 3.63) is 24.3 Å². The monoisotopic (exact) mass is 434 g/mol. The highest BCUT2D eigenvalue weighted by molar-refractivity contribution is 8.02. The Morgan fingerprint density at radius 3 is 2.70 bits per heavy atom. The first-order valence-electron chi connectivity index (χ1n) is 10.7. The van der Waals surface area contributed by atoms with Crippen molar-refractivity contribution < 1.29 is 24.2 Å². The van der Waals surface area contributed by atoms with Crippen molar-refractivity contribution >= 4 is 29.5 Å². The Morgan fingerprint density at radius 2 is 2.00 bits per heavy atom. The van der Waals surface area contributed by atoms with E-state index in [1.54, 1.807) is 0 Å². The number of carbonyl (C=O) groups excluding carboxylic acids is 3. The van der Waals surface area contributed by atoms with Crippen LogP contribution in [0.2, 0.25) is 0 Å². The van der Waals surface area contributed by atoms with E-state index in [2.05, 4.69) is 6.92 Å². The van der Waals surface area contributed by atoms with Crippen LogP contribution in [0.1, 0.15) is 33.6 Å². The van der Waals surface area contributed by atoms with Gasteiger partial charge >= 0.3 is 5.97 Å². The van der Waals surface area contributed by atoms with E-state index >= 15 is 0 Å². The molecular weight excluding hydrogens is 404 g/mol. The second kappa shape index (κ2) is 7.71. The molecule has 2 saturated heterocycles. The van der Waals surface area contributed by atoms with Gasteiger partial charge in [0.15, 0.2) is 0 Å². The Hall–Kier alpha value is -1.80. The van der Waals surface area contributed by atoms with Crippen molar-refractivity contribution in [1.29, 1.82) is 0 Å². The minimum Gasteiger partial charge on any atom is -0.461 e. The number of thioether (sulfide) groups is 1. The third kappa shape index (κ3) is 2.94. The zero-order valence-corrected chi connectivity index (χ0v) is 18.6. The maximum Gasteiger partial charge on any atom is 0.311 e. The van der Waals surface area contributed by atoms with Crippen LogP contribution in [0.4, 0.5) is 0 Å². The summed E-state index contributed by atoms with van der Waals surface area (Å²) in [6.07, 6.45) is 9.58.